The summed E-state index contributed by atoms with van der Waals surface area (Å²) in [5, 5.41) is 4.23. The SMILES string of the molecule is CNC(c1cccc(Cl)c1)C(C)(C)N1CCOCC1. The van der Waals surface area contributed by atoms with Crippen LogP contribution in [-0.2, 0) is 4.74 Å². The van der Waals surface area contributed by atoms with Gasteiger partial charge in [-0.2, -0.15) is 0 Å². The molecule has 1 N–H and O–H groups in total. The van der Waals surface area contributed by atoms with Gasteiger partial charge in [0.25, 0.3) is 0 Å². The number of rotatable bonds is 4. The van der Waals surface area contributed by atoms with Crippen molar-refractivity contribution in [3.05, 3.63) is 34.9 Å². The van der Waals surface area contributed by atoms with E-state index in [0.29, 0.717) is 0 Å². The highest BCUT2D eigenvalue weighted by molar-refractivity contribution is 6.30. The van der Waals surface area contributed by atoms with Gasteiger partial charge in [0.15, 0.2) is 0 Å². The quantitative estimate of drug-likeness (QED) is 0.919. The molecule has 0 spiro atoms. The molecule has 1 atom stereocenters. The Balaban J connectivity index is 2.24. The van der Waals surface area contributed by atoms with Crippen LogP contribution in [0.4, 0.5) is 0 Å². The van der Waals surface area contributed by atoms with Crippen molar-refractivity contribution in [2.45, 2.75) is 25.4 Å². The molecule has 0 aliphatic carbocycles. The van der Waals surface area contributed by atoms with Gasteiger partial charge in [0.2, 0.25) is 0 Å². The number of likely N-dealkylation sites (N-methyl/N-ethyl adjacent to an activating group) is 1. The molecule has 3 nitrogen and oxygen atoms in total. The van der Waals surface area contributed by atoms with Crippen molar-refractivity contribution in [2.24, 2.45) is 0 Å². The molecular weight excluding hydrogens is 260 g/mol. The van der Waals surface area contributed by atoms with Crippen LogP contribution in [0.25, 0.3) is 0 Å². The van der Waals surface area contributed by atoms with Crippen molar-refractivity contribution < 1.29 is 4.74 Å². The zero-order valence-corrected chi connectivity index (χ0v) is 12.7. The van der Waals surface area contributed by atoms with Gasteiger partial charge in [0.1, 0.15) is 0 Å². The summed E-state index contributed by atoms with van der Waals surface area (Å²) in [6.07, 6.45) is 0. The van der Waals surface area contributed by atoms with Crippen molar-refractivity contribution in [1.82, 2.24) is 10.2 Å². The Morgan fingerprint density at radius 3 is 2.58 bits per heavy atom. The van der Waals surface area contributed by atoms with Crippen LogP contribution in [0.1, 0.15) is 25.5 Å². The summed E-state index contributed by atoms with van der Waals surface area (Å²) in [6, 6.07) is 8.35. The third kappa shape index (κ3) is 3.29. The molecule has 106 valence electrons. The monoisotopic (exact) mass is 282 g/mol. The van der Waals surface area contributed by atoms with Gasteiger partial charge in [-0.15, -0.1) is 0 Å². The first kappa shape index (κ1) is 14.8. The van der Waals surface area contributed by atoms with Crippen LogP contribution in [0.2, 0.25) is 5.02 Å². The second-order valence-electron chi connectivity index (χ2n) is 5.53. The minimum Gasteiger partial charge on any atom is -0.379 e. The van der Waals surface area contributed by atoms with Gasteiger partial charge in [0, 0.05) is 29.7 Å². The average molecular weight is 283 g/mol. The van der Waals surface area contributed by atoms with Crippen molar-refractivity contribution in [3.63, 3.8) is 0 Å². The lowest BCUT2D eigenvalue weighted by Gasteiger charge is -2.46. The summed E-state index contributed by atoms with van der Waals surface area (Å²) in [7, 11) is 2.01. The summed E-state index contributed by atoms with van der Waals surface area (Å²) in [6.45, 7) is 8.14. The standard InChI is InChI=1S/C15H23ClN2O/c1-15(2,18-7-9-19-10-8-18)14(17-3)12-5-4-6-13(16)11-12/h4-6,11,14,17H,7-10H2,1-3H3. The van der Waals surface area contributed by atoms with Gasteiger partial charge in [0.05, 0.1) is 13.2 Å². The van der Waals surface area contributed by atoms with E-state index in [2.05, 4.69) is 30.1 Å². The van der Waals surface area contributed by atoms with Crippen LogP contribution < -0.4 is 5.32 Å². The number of morpholine rings is 1. The fourth-order valence-corrected chi connectivity index (χ4v) is 3.13. The van der Waals surface area contributed by atoms with Gasteiger partial charge in [-0.1, -0.05) is 23.7 Å². The Kier molecular flexibility index (Phi) is 4.85. The summed E-state index contributed by atoms with van der Waals surface area (Å²) in [4.78, 5) is 2.48. The van der Waals surface area contributed by atoms with Crippen molar-refractivity contribution in [2.75, 3.05) is 33.4 Å². The number of nitrogens with one attached hydrogen (secondary N) is 1. The highest BCUT2D eigenvalue weighted by Gasteiger charge is 2.36. The largest absolute Gasteiger partial charge is 0.379 e. The minimum atomic E-state index is 0.0171. The fourth-order valence-electron chi connectivity index (χ4n) is 2.94. The predicted octanol–water partition coefficient (Wildman–Crippen LogP) is 2.71. The summed E-state index contributed by atoms with van der Waals surface area (Å²) >= 11 is 6.12. The van der Waals surface area contributed by atoms with Crippen molar-refractivity contribution in [1.29, 1.82) is 0 Å². The van der Waals surface area contributed by atoms with Crippen LogP contribution in [-0.4, -0.2) is 43.8 Å². The predicted molar refractivity (Wildman–Crippen MR) is 79.7 cm³/mol. The molecule has 1 aromatic carbocycles. The van der Waals surface area contributed by atoms with Gasteiger partial charge in [-0.25, -0.2) is 0 Å². The molecule has 19 heavy (non-hydrogen) atoms. The summed E-state index contributed by atoms with van der Waals surface area (Å²) in [5.41, 5.74) is 1.25. The Labute approximate surface area is 120 Å². The second kappa shape index (κ2) is 6.23. The fraction of sp³-hybridized carbons (Fsp3) is 0.600. The molecule has 4 heteroatoms. The third-order valence-electron chi connectivity index (χ3n) is 4.00. The molecular formula is C15H23ClN2O. The Bertz CT molecular complexity index is 416. The molecule has 1 aromatic rings. The number of benzene rings is 1. The highest BCUT2D eigenvalue weighted by Crippen LogP contribution is 2.32. The van der Waals surface area contributed by atoms with Crippen molar-refractivity contribution >= 4 is 11.6 Å². The summed E-state index contributed by atoms with van der Waals surface area (Å²) < 4.78 is 5.45. The van der Waals surface area contributed by atoms with Crippen LogP contribution >= 0.6 is 11.6 Å². The number of hydrogen-bond donors (Lipinski definition) is 1. The van der Waals surface area contributed by atoms with Crippen molar-refractivity contribution in [3.8, 4) is 0 Å². The van der Waals surface area contributed by atoms with E-state index in [0.717, 1.165) is 31.3 Å². The van der Waals surface area contributed by atoms with Crippen LogP contribution in [0.15, 0.2) is 24.3 Å². The molecule has 1 aliphatic heterocycles. The van der Waals surface area contributed by atoms with Gasteiger partial charge in [-0.3, -0.25) is 4.90 Å². The average Bonchev–Trinajstić information content (AvgIpc) is 2.40. The maximum atomic E-state index is 6.12. The van der Waals surface area contributed by atoms with Crippen LogP contribution in [0.3, 0.4) is 0 Å². The number of hydrogen-bond acceptors (Lipinski definition) is 3. The molecule has 0 radical (unpaired) electrons. The van der Waals surface area contributed by atoms with Crippen LogP contribution in [0.5, 0.6) is 0 Å². The maximum Gasteiger partial charge on any atom is 0.0594 e. The first-order chi connectivity index (χ1) is 9.05. The van der Waals surface area contributed by atoms with E-state index in [1.54, 1.807) is 0 Å². The third-order valence-corrected chi connectivity index (χ3v) is 4.24. The topological polar surface area (TPSA) is 24.5 Å². The molecule has 0 saturated carbocycles. The minimum absolute atomic E-state index is 0.0171. The molecule has 0 amide bonds. The van der Waals surface area contributed by atoms with Gasteiger partial charge in [-0.05, 0) is 38.6 Å². The molecule has 0 aromatic heterocycles. The van der Waals surface area contributed by atoms with E-state index in [4.69, 9.17) is 16.3 Å². The van der Waals surface area contributed by atoms with Gasteiger partial charge < -0.3 is 10.1 Å². The lowest BCUT2D eigenvalue weighted by Crippen LogP contribution is -2.55. The smallest absolute Gasteiger partial charge is 0.0594 e. The zero-order chi connectivity index (χ0) is 13.9. The van der Waals surface area contributed by atoms with E-state index in [1.807, 2.05) is 25.2 Å². The first-order valence-corrected chi connectivity index (χ1v) is 7.19. The van der Waals surface area contributed by atoms with E-state index in [9.17, 15) is 0 Å². The molecule has 0 bridgehead atoms. The normalized spacial score (nSPS) is 19.4. The zero-order valence-electron chi connectivity index (χ0n) is 11.9. The lowest BCUT2D eigenvalue weighted by atomic mass is 9.86. The van der Waals surface area contributed by atoms with E-state index in [-0.39, 0.29) is 11.6 Å². The van der Waals surface area contributed by atoms with E-state index in [1.165, 1.54) is 5.56 Å². The number of halogens is 1. The number of nitrogens with zero attached hydrogens (tertiary/aromatic N) is 1. The number of ether oxygens (including phenoxy) is 1. The maximum absolute atomic E-state index is 6.12. The molecule has 1 heterocycles. The molecule has 1 unspecified atom stereocenters. The Morgan fingerprint density at radius 2 is 2.00 bits per heavy atom. The lowest BCUT2D eigenvalue weighted by molar-refractivity contribution is -0.0229. The van der Waals surface area contributed by atoms with E-state index >= 15 is 0 Å². The Hall–Kier alpha value is -0.610. The molecule has 2 rings (SSSR count). The van der Waals surface area contributed by atoms with Crippen LogP contribution in [0, 0.1) is 0 Å². The molecule has 1 fully saturated rings. The second-order valence-corrected chi connectivity index (χ2v) is 5.97. The molecule has 1 aliphatic rings. The molecule has 1 saturated heterocycles. The van der Waals surface area contributed by atoms with E-state index < -0.39 is 0 Å². The first-order valence-electron chi connectivity index (χ1n) is 6.81. The Morgan fingerprint density at radius 1 is 1.32 bits per heavy atom. The summed E-state index contributed by atoms with van der Waals surface area (Å²) in [5.74, 6) is 0. The van der Waals surface area contributed by atoms with Gasteiger partial charge >= 0.3 is 0 Å². The highest BCUT2D eigenvalue weighted by atomic mass is 35.5.